The summed E-state index contributed by atoms with van der Waals surface area (Å²) < 4.78 is 16.2. The topological polar surface area (TPSA) is 99.4 Å². The van der Waals surface area contributed by atoms with Crippen LogP contribution in [0.2, 0.25) is 5.02 Å². The predicted octanol–water partition coefficient (Wildman–Crippen LogP) is 3.45. The average molecular weight is 466 g/mol. The zero-order valence-corrected chi connectivity index (χ0v) is 17.1. The fourth-order valence-corrected chi connectivity index (χ4v) is 3.30. The molecule has 0 unspecified atom stereocenters. The number of imidazole rings is 1. The lowest BCUT2D eigenvalue weighted by atomic mass is 10.1. The lowest BCUT2D eigenvalue weighted by Gasteiger charge is -2.13. The number of rotatable bonds is 6. The van der Waals surface area contributed by atoms with E-state index < -0.39 is 5.82 Å². The van der Waals surface area contributed by atoms with Gasteiger partial charge in [-0.05, 0) is 41.1 Å². The highest BCUT2D eigenvalue weighted by Gasteiger charge is 2.14. The van der Waals surface area contributed by atoms with Crippen molar-refractivity contribution in [1.29, 1.82) is 5.26 Å². The number of halogens is 3. The summed E-state index contributed by atoms with van der Waals surface area (Å²) in [5.41, 5.74) is 1.51. The van der Waals surface area contributed by atoms with Gasteiger partial charge in [-0.3, -0.25) is 9.48 Å². The molecule has 3 aromatic rings. The molecule has 0 aliphatic heterocycles. The molecule has 0 aliphatic rings. The van der Waals surface area contributed by atoms with Gasteiger partial charge in [0.05, 0.1) is 23.7 Å². The van der Waals surface area contributed by atoms with Crippen molar-refractivity contribution in [2.75, 3.05) is 0 Å². The lowest BCUT2D eigenvalue weighted by molar-refractivity contribution is -0.121. The first-order valence-electron chi connectivity index (χ1n) is 8.27. The highest BCUT2D eigenvalue weighted by Crippen LogP contribution is 2.26. The molecule has 7 nitrogen and oxygen atoms in total. The van der Waals surface area contributed by atoms with Crippen molar-refractivity contribution < 1.29 is 9.18 Å². The molecule has 144 valence electrons. The molecule has 0 radical (unpaired) electrons. The largest absolute Gasteiger partial charge is 0.351 e. The summed E-state index contributed by atoms with van der Waals surface area (Å²) in [7, 11) is 0. The van der Waals surface area contributed by atoms with Gasteiger partial charge < -0.3 is 10.3 Å². The smallest absolute Gasteiger partial charge is 0.226 e. The predicted molar refractivity (Wildman–Crippen MR) is 105 cm³/mol. The van der Waals surface area contributed by atoms with Crippen molar-refractivity contribution in [3.8, 4) is 17.3 Å². The number of nitriles is 1. The van der Waals surface area contributed by atoms with Crippen LogP contribution in [0.5, 0.6) is 0 Å². The first kappa shape index (κ1) is 20.0. The number of nitrogens with zero attached hydrogens (tertiary/aromatic N) is 4. The summed E-state index contributed by atoms with van der Waals surface area (Å²) in [6.45, 7) is 2.30. The van der Waals surface area contributed by atoms with Crippen LogP contribution in [0.25, 0.3) is 11.3 Å². The molecule has 0 saturated carbocycles. The summed E-state index contributed by atoms with van der Waals surface area (Å²) in [6.07, 6.45) is 3.51. The van der Waals surface area contributed by atoms with Gasteiger partial charge in [0, 0.05) is 29.7 Å². The molecule has 3 rings (SSSR count). The number of amides is 1. The molecule has 0 spiro atoms. The molecular formula is C18H15BrClFN6O. The minimum Gasteiger partial charge on any atom is -0.351 e. The quantitative estimate of drug-likeness (QED) is 0.582. The van der Waals surface area contributed by atoms with E-state index in [1.807, 2.05) is 6.92 Å². The Morgan fingerprint density at radius 3 is 2.96 bits per heavy atom. The molecule has 2 aromatic heterocycles. The monoisotopic (exact) mass is 464 g/mol. The van der Waals surface area contributed by atoms with E-state index in [0.29, 0.717) is 28.2 Å². The summed E-state index contributed by atoms with van der Waals surface area (Å²) in [6, 6.07) is 6.00. The van der Waals surface area contributed by atoms with E-state index in [1.54, 1.807) is 29.2 Å². The third-order valence-electron chi connectivity index (χ3n) is 3.91. The van der Waals surface area contributed by atoms with E-state index in [4.69, 9.17) is 16.9 Å². The maximum absolute atomic E-state index is 13.9. The van der Waals surface area contributed by atoms with Crippen LogP contribution in [0, 0.1) is 17.1 Å². The lowest BCUT2D eigenvalue weighted by Crippen LogP contribution is -2.36. The average Bonchev–Trinajstić information content (AvgIpc) is 3.23. The minimum atomic E-state index is -0.689. The first-order chi connectivity index (χ1) is 13.4. The molecule has 0 aliphatic carbocycles. The molecule has 0 bridgehead atoms. The maximum atomic E-state index is 13.9. The van der Waals surface area contributed by atoms with Crippen molar-refractivity contribution >= 4 is 33.4 Å². The van der Waals surface area contributed by atoms with Crippen LogP contribution in [0.15, 0.2) is 35.3 Å². The molecule has 10 heteroatoms. The molecule has 0 saturated heterocycles. The Bertz CT molecular complexity index is 1030. The second-order valence-electron chi connectivity index (χ2n) is 6.19. The van der Waals surface area contributed by atoms with Gasteiger partial charge in [0.2, 0.25) is 5.91 Å². The fraction of sp³-hybridized carbons (Fsp3) is 0.222. The van der Waals surface area contributed by atoms with E-state index >= 15 is 0 Å². The minimum absolute atomic E-state index is 0.0399. The molecule has 2 heterocycles. The van der Waals surface area contributed by atoms with Crippen LogP contribution in [-0.4, -0.2) is 31.7 Å². The zero-order chi connectivity index (χ0) is 20.3. The van der Waals surface area contributed by atoms with Gasteiger partial charge in [0.25, 0.3) is 0 Å². The Hall–Kier alpha value is -2.70. The molecule has 2 N–H and O–H groups in total. The van der Waals surface area contributed by atoms with Gasteiger partial charge in [0.15, 0.2) is 4.73 Å². The van der Waals surface area contributed by atoms with E-state index in [-0.39, 0.29) is 29.0 Å². The first-order valence-corrected chi connectivity index (χ1v) is 9.44. The van der Waals surface area contributed by atoms with E-state index in [1.165, 1.54) is 12.1 Å². The van der Waals surface area contributed by atoms with Crippen LogP contribution in [-0.2, 0) is 17.8 Å². The van der Waals surface area contributed by atoms with Crippen molar-refractivity contribution in [2.24, 2.45) is 0 Å². The number of hydrogen-bond donors (Lipinski definition) is 2. The Balaban J connectivity index is 1.62. The molecule has 0 fully saturated rings. The number of nitrogens with one attached hydrogen (secondary N) is 2. The third-order valence-corrected chi connectivity index (χ3v) is 4.61. The Kier molecular flexibility index (Phi) is 6.11. The second kappa shape index (κ2) is 8.54. The van der Waals surface area contributed by atoms with Crippen molar-refractivity contribution in [1.82, 2.24) is 25.1 Å². The Labute approximate surface area is 173 Å². The van der Waals surface area contributed by atoms with Crippen molar-refractivity contribution in [3.63, 3.8) is 0 Å². The number of carbonyl (C=O) groups excluding carboxylic acids is 1. The van der Waals surface area contributed by atoms with Crippen molar-refractivity contribution in [3.05, 3.63) is 57.4 Å². The van der Waals surface area contributed by atoms with Crippen LogP contribution < -0.4 is 5.32 Å². The van der Waals surface area contributed by atoms with E-state index in [0.717, 1.165) is 0 Å². The molecule has 28 heavy (non-hydrogen) atoms. The highest BCUT2D eigenvalue weighted by molar-refractivity contribution is 9.10. The van der Waals surface area contributed by atoms with E-state index in [9.17, 15) is 9.18 Å². The Morgan fingerprint density at radius 2 is 2.32 bits per heavy atom. The van der Waals surface area contributed by atoms with Crippen molar-refractivity contribution in [2.45, 2.75) is 25.9 Å². The summed E-state index contributed by atoms with van der Waals surface area (Å²) in [4.78, 5) is 19.0. The normalized spacial score (nSPS) is 11.8. The summed E-state index contributed by atoms with van der Waals surface area (Å²) >= 11 is 9.14. The third kappa shape index (κ3) is 4.77. The van der Waals surface area contributed by atoms with Gasteiger partial charge >= 0.3 is 0 Å². The molecular weight excluding hydrogens is 451 g/mol. The van der Waals surface area contributed by atoms with Gasteiger partial charge in [-0.25, -0.2) is 9.37 Å². The Morgan fingerprint density at radius 1 is 1.54 bits per heavy atom. The van der Waals surface area contributed by atoms with Crippen LogP contribution >= 0.6 is 27.5 Å². The second-order valence-corrected chi connectivity index (χ2v) is 7.35. The van der Waals surface area contributed by atoms with Gasteiger partial charge in [-0.1, -0.05) is 11.6 Å². The summed E-state index contributed by atoms with van der Waals surface area (Å²) in [5.74, 6) is -0.831. The maximum Gasteiger partial charge on any atom is 0.226 e. The van der Waals surface area contributed by atoms with Gasteiger partial charge in [-0.15, -0.1) is 0 Å². The number of H-pyrrole nitrogens is 1. The SMILES string of the molecule is C[C@@H](Cn1ccc(-c2cc(F)c(C#N)c(Cl)c2)n1)NC(=O)Cc1cnc(Br)[nH]1. The standard InChI is InChI=1S/C18H15BrClFN6O/c1-10(24-17(28)6-12-8-23-18(19)25-12)9-27-3-2-16(26-27)11-4-14(20)13(7-22)15(21)5-11/h2-5,8,10H,6,9H2,1H3,(H,23,25)(H,24,28)/t10-/m0/s1. The number of aromatic nitrogens is 4. The number of carbonyl (C=O) groups is 1. The molecule has 1 atom stereocenters. The zero-order valence-electron chi connectivity index (χ0n) is 14.7. The highest BCUT2D eigenvalue weighted by atomic mass is 79.9. The molecule has 1 aromatic carbocycles. The fourth-order valence-electron chi connectivity index (χ4n) is 2.69. The van der Waals surface area contributed by atoms with Crippen LogP contribution in [0.1, 0.15) is 18.2 Å². The van der Waals surface area contributed by atoms with Crippen LogP contribution in [0.3, 0.4) is 0 Å². The summed E-state index contributed by atoms with van der Waals surface area (Å²) in [5, 5.41) is 16.2. The van der Waals surface area contributed by atoms with Gasteiger partial charge in [0.1, 0.15) is 17.4 Å². The number of benzene rings is 1. The van der Waals surface area contributed by atoms with Crippen LogP contribution in [0.4, 0.5) is 4.39 Å². The van der Waals surface area contributed by atoms with E-state index in [2.05, 4.69) is 36.3 Å². The van der Waals surface area contributed by atoms with Gasteiger partial charge in [-0.2, -0.15) is 10.4 Å². The number of hydrogen-bond acceptors (Lipinski definition) is 4. The number of aromatic amines is 1. The molecule has 1 amide bonds.